The summed E-state index contributed by atoms with van der Waals surface area (Å²) in [7, 11) is 0. The molecule has 0 aliphatic heterocycles. The van der Waals surface area contributed by atoms with Crippen molar-refractivity contribution in [3.05, 3.63) is 57.4 Å². The number of rotatable bonds is 4. The number of hydrogen-bond acceptors (Lipinski definition) is 5. The van der Waals surface area contributed by atoms with Crippen LogP contribution in [0, 0.1) is 20.8 Å². The lowest BCUT2D eigenvalue weighted by Gasteiger charge is -2.19. The molecule has 28 heavy (non-hydrogen) atoms. The Hall–Kier alpha value is -2.96. The van der Waals surface area contributed by atoms with Gasteiger partial charge in [-0.3, -0.25) is 9.48 Å². The number of aromatic nitrogens is 5. The zero-order valence-corrected chi connectivity index (χ0v) is 17.6. The predicted octanol–water partition coefficient (Wildman–Crippen LogP) is 3.88. The van der Waals surface area contributed by atoms with Crippen molar-refractivity contribution in [2.75, 3.05) is 5.32 Å². The van der Waals surface area contributed by atoms with Crippen molar-refractivity contribution < 1.29 is 0 Å². The number of nitrogens with one attached hydrogen (secondary N) is 2. The maximum Gasteiger partial charge on any atom is 0.254 e. The molecule has 1 atom stereocenters. The zero-order valence-electron chi connectivity index (χ0n) is 17.6. The Morgan fingerprint density at radius 3 is 2.39 bits per heavy atom. The zero-order chi connectivity index (χ0) is 20.6. The van der Waals surface area contributed by atoms with E-state index in [1.807, 2.05) is 30.7 Å². The van der Waals surface area contributed by atoms with Crippen molar-refractivity contribution in [2.45, 2.75) is 60.0 Å². The molecule has 0 radical (unpaired) electrons. The third-order valence-corrected chi connectivity index (χ3v) is 4.89. The lowest BCUT2D eigenvalue weighted by Crippen LogP contribution is -2.22. The van der Waals surface area contributed by atoms with Gasteiger partial charge in [-0.25, -0.2) is 9.97 Å². The SMILES string of the molecule is Cc1nn(C(C)(C)C)cc1C(C)Nc1ccc(-c2nc(C)c(C)c(=O)[nH]2)cn1. The summed E-state index contributed by atoms with van der Waals surface area (Å²) in [5, 5.41) is 8.05. The molecule has 3 aromatic heterocycles. The van der Waals surface area contributed by atoms with E-state index in [0.717, 1.165) is 28.3 Å². The average molecular weight is 380 g/mol. The maximum absolute atomic E-state index is 12.0. The number of pyridine rings is 1. The third-order valence-electron chi connectivity index (χ3n) is 4.89. The molecule has 0 amide bonds. The van der Waals surface area contributed by atoms with Gasteiger partial charge in [0.2, 0.25) is 0 Å². The van der Waals surface area contributed by atoms with E-state index in [9.17, 15) is 4.79 Å². The molecule has 7 nitrogen and oxygen atoms in total. The second-order valence-electron chi connectivity index (χ2n) is 8.21. The van der Waals surface area contributed by atoms with Crippen molar-refractivity contribution in [3.8, 4) is 11.4 Å². The molecular formula is C21H28N6O. The summed E-state index contributed by atoms with van der Waals surface area (Å²) < 4.78 is 1.99. The predicted molar refractivity (Wildman–Crippen MR) is 112 cm³/mol. The van der Waals surface area contributed by atoms with Crippen molar-refractivity contribution in [2.24, 2.45) is 0 Å². The normalized spacial score (nSPS) is 12.8. The molecule has 1 unspecified atom stereocenters. The monoisotopic (exact) mass is 380 g/mol. The Kier molecular flexibility index (Phi) is 5.10. The molecule has 0 aromatic carbocycles. The van der Waals surface area contributed by atoms with Crippen LogP contribution in [0.1, 0.15) is 56.3 Å². The van der Waals surface area contributed by atoms with Crippen molar-refractivity contribution >= 4 is 5.82 Å². The Morgan fingerprint density at radius 1 is 1.14 bits per heavy atom. The van der Waals surface area contributed by atoms with Crippen LogP contribution in [0.4, 0.5) is 5.82 Å². The number of aryl methyl sites for hydroxylation is 2. The summed E-state index contributed by atoms with van der Waals surface area (Å²) in [6.07, 6.45) is 3.80. The lowest BCUT2D eigenvalue weighted by atomic mass is 10.1. The number of H-pyrrole nitrogens is 1. The molecule has 3 heterocycles. The summed E-state index contributed by atoms with van der Waals surface area (Å²) >= 11 is 0. The van der Waals surface area contributed by atoms with Gasteiger partial charge in [0.25, 0.3) is 5.56 Å². The van der Waals surface area contributed by atoms with E-state index in [4.69, 9.17) is 0 Å². The van der Waals surface area contributed by atoms with Crippen LogP contribution in [0.3, 0.4) is 0 Å². The minimum atomic E-state index is -0.121. The van der Waals surface area contributed by atoms with Crippen LogP contribution in [0.25, 0.3) is 11.4 Å². The number of nitrogens with zero attached hydrogens (tertiary/aromatic N) is 4. The van der Waals surface area contributed by atoms with E-state index in [0.29, 0.717) is 11.4 Å². The van der Waals surface area contributed by atoms with E-state index in [-0.39, 0.29) is 17.1 Å². The van der Waals surface area contributed by atoms with Gasteiger partial charge < -0.3 is 10.3 Å². The summed E-state index contributed by atoms with van der Waals surface area (Å²) in [4.78, 5) is 23.7. The van der Waals surface area contributed by atoms with Crippen LogP contribution in [0.5, 0.6) is 0 Å². The number of hydrogen-bond donors (Lipinski definition) is 2. The highest BCUT2D eigenvalue weighted by molar-refractivity contribution is 5.56. The van der Waals surface area contributed by atoms with E-state index in [1.165, 1.54) is 0 Å². The Labute approximate surface area is 165 Å². The summed E-state index contributed by atoms with van der Waals surface area (Å²) in [6.45, 7) is 14.1. The van der Waals surface area contributed by atoms with Crippen LogP contribution in [0.15, 0.2) is 29.3 Å². The van der Waals surface area contributed by atoms with Gasteiger partial charge in [0.1, 0.15) is 11.6 Å². The Morgan fingerprint density at radius 2 is 1.86 bits per heavy atom. The fourth-order valence-electron chi connectivity index (χ4n) is 2.94. The summed E-state index contributed by atoms with van der Waals surface area (Å²) in [5.41, 5.74) is 4.10. The smallest absolute Gasteiger partial charge is 0.254 e. The molecule has 0 spiro atoms. The van der Waals surface area contributed by atoms with Crippen LogP contribution < -0.4 is 10.9 Å². The highest BCUT2D eigenvalue weighted by Gasteiger charge is 2.19. The molecule has 0 aliphatic carbocycles. The lowest BCUT2D eigenvalue weighted by molar-refractivity contribution is 0.354. The average Bonchev–Trinajstić information content (AvgIpc) is 3.02. The van der Waals surface area contributed by atoms with Crippen LogP contribution in [-0.2, 0) is 5.54 Å². The Bertz CT molecular complexity index is 1040. The third kappa shape index (κ3) is 3.98. The van der Waals surface area contributed by atoms with Crippen LogP contribution >= 0.6 is 0 Å². The van der Waals surface area contributed by atoms with Gasteiger partial charge in [0.15, 0.2) is 0 Å². The van der Waals surface area contributed by atoms with Gasteiger partial charge >= 0.3 is 0 Å². The van der Waals surface area contributed by atoms with Crippen molar-refractivity contribution in [1.29, 1.82) is 0 Å². The number of anilines is 1. The Balaban J connectivity index is 1.79. The molecule has 3 rings (SSSR count). The van der Waals surface area contributed by atoms with E-state index in [2.05, 4.69) is 59.3 Å². The molecule has 0 fully saturated rings. The molecule has 0 aliphatic rings. The topological polar surface area (TPSA) is 88.5 Å². The molecule has 0 bridgehead atoms. The quantitative estimate of drug-likeness (QED) is 0.717. The van der Waals surface area contributed by atoms with Gasteiger partial charge in [0.05, 0.1) is 17.3 Å². The minimum absolute atomic E-state index is 0.0568. The fourth-order valence-corrected chi connectivity index (χ4v) is 2.94. The van der Waals surface area contributed by atoms with Gasteiger partial charge in [-0.15, -0.1) is 0 Å². The van der Waals surface area contributed by atoms with Gasteiger partial charge in [-0.05, 0) is 60.6 Å². The van der Waals surface area contributed by atoms with Gasteiger partial charge in [-0.2, -0.15) is 5.10 Å². The van der Waals surface area contributed by atoms with E-state index in [1.54, 1.807) is 13.1 Å². The second kappa shape index (κ2) is 7.22. The second-order valence-corrected chi connectivity index (χ2v) is 8.21. The molecule has 3 aromatic rings. The first kappa shape index (κ1) is 19.8. The molecule has 0 saturated carbocycles. The largest absolute Gasteiger partial charge is 0.363 e. The molecule has 7 heteroatoms. The number of aromatic amines is 1. The minimum Gasteiger partial charge on any atom is -0.363 e. The first-order valence-electron chi connectivity index (χ1n) is 9.43. The van der Waals surface area contributed by atoms with Crippen molar-refractivity contribution in [3.63, 3.8) is 0 Å². The maximum atomic E-state index is 12.0. The summed E-state index contributed by atoms with van der Waals surface area (Å²) in [6, 6.07) is 3.86. The standard InChI is InChI=1S/C21H28N6O/c1-12-13(2)24-19(25-20(12)28)16-8-9-18(22-10-16)23-14(3)17-11-27(21(5,6)7)26-15(17)4/h8-11,14H,1-7H3,(H,22,23)(H,24,25,28). The molecule has 2 N–H and O–H groups in total. The molecule has 148 valence electrons. The van der Waals surface area contributed by atoms with Crippen LogP contribution in [0.2, 0.25) is 0 Å². The molecule has 0 saturated heterocycles. The first-order valence-corrected chi connectivity index (χ1v) is 9.43. The van der Waals surface area contributed by atoms with Crippen LogP contribution in [-0.4, -0.2) is 24.7 Å². The highest BCUT2D eigenvalue weighted by Crippen LogP contribution is 2.24. The molecular weight excluding hydrogens is 352 g/mol. The van der Waals surface area contributed by atoms with E-state index >= 15 is 0 Å². The first-order chi connectivity index (χ1) is 13.1. The van der Waals surface area contributed by atoms with Crippen molar-refractivity contribution in [1.82, 2.24) is 24.7 Å². The van der Waals surface area contributed by atoms with Gasteiger partial charge in [-0.1, -0.05) is 0 Å². The highest BCUT2D eigenvalue weighted by atomic mass is 16.1. The fraction of sp³-hybridized carbons (Fsp3) is 0.429. The van der Waals surface area contributed by atoms with Gasteiger partial charge in [0, 0.05) is 34.8 Å². The summed E-state index contributed by atoms with van der Waals surface area (Å²) in [5.74, 6) is 1.29. The van der Waals surface area contributed by atoms with E-state index < -0.39 is 0 Å².